The van der Waals surface area contributed by atoms with E-state index in [9.17, 15) is 58.5 Å². The normalized spacial score (nSPS) is 24.3. The molecular weight excluding hydrogens is 1340 g/mol. The van der Waals surface area contributed by atoms with Crippen LogP contribution in [0.2, 0.25) is 0 Å². The first-order chi connectivity index (χ1) is 49.1. The zero-order valence-corrected chi connectivity index (χ0v) is 61.8. The number of nitrogens with one attached hydrogen (secondary N) is 4. The third-order valence-corrected chi connectivity index (χ3v) is 20.0. The first-order valence-electron chi connectivity index (χ1n) is 35.5. The third kappa shape index (κ3) is 18.9. The topological polar surface area (TPSA) is 381 Å². The SMILES string of the molecule is CO[C@H]1/C=C/O[C@@]2(C)Oc3c(C)c(=O)c4c(O)c(c5oc6cc(OCC[N+](C)(C)Cc7ccc(NC(=O)[C@H](CCCNC(N)=O)CC(=O)[C@@H](NC(=O)CCCCCN8C(=O)CC(C)C8=O)C(C)C)cc7)ccc6nc5c4c3C2=O)NC(=O)/C(C)=C\C=C\[C@H](C)[C@H](O)[C@@H](C)[C@@H](O)[C@@H](C)[C@H](OC(C)=O)[C@@H]1C. The monoisotopic (exact) mass is 1440 g/mol. The van der Waals surface area contributed by atoms with E-state index in [0.717, 1.165) is 5.56 Å². The number of likely N-dealkylation sites (N-methyl/N-ethyl adjacent to an activating group) is 1. The van der Waals surface area contributed by atoms with Crippen molar-refractivity contribution in [2.24, 2.45) is 47.2 Å². The number of imide groups is 1. The maximum absolute atomic E-state index is 15.0. The van der Waals surface area contributed by atoms with Crippen LogP contribution >= 0.6 is 0 Å². The maximum Gasteiger partial charge on any atom is 0.312 e. The Labute approximate surface area is 604 Å². The van der Waals surface area contributed by atoms with Crippen LogP contribution in [-0.4, -0.2) is 166 Å². The Morgan fingerprint density at radius 2 is 1.62 bits per heavy atom. The second-order valence-corrected chi connectivity index (χ2v) is 29.1. The highest BCUT2D eigenvalue weighted by atomic mass is 16.7. The Morgan fingerprint density at radius 1 is 0.904 bits per heavy atom. The van der Waals surface area contributed by atoms with Crippen LogP contribution in [0.4, 0.5) is 16.2 Å². The lowest BCUT2D eigenvalue weighted by Gasteiger charge is -2.38. The van der Waals surface area contributed by atoms with E-state index in [4.69, 9.17) is 38.8 Å². The number of nitrogens with two attached hydrogens (primary N) is 1. The number of allylic oxidation sites excluding steroid dienone is 2. The summed E-state index contributed by atoms with van der Waals surface area (Å²) in [6.45, 7) is 19.5. The number of hydrogen-bond donors (Lipinski definition) is 8. The molecule has 0 aliphatic carbocycles. The molecule has 1 fully saturated rings. The molecule has 3 aliphatic rings. The third-order valence-electron chi connectivity index (χ3n) is 20.0. The lowest BCUT2D eigenvalue weighted by atomic mass is 9.78. The van der Waals surface area contributed by atoms with Gasteiger partial charge in [-0.3, -0.25) is 48.1 Å². The minimum Gasteiger partial charge on any atom is -0.505 e. The van der Waals surface area contributed by atoms with Gasteiger partial charge in [-0.25, -0.2) is 9.78 Å². The number of aliphatic hydroxyl groups is 2. The average molecular weight is 1440 g/mol. The number of nitrogens with zero attached hydrogens (tertiary/aromatic N) is 3. The van der Waals surface area contributed by atoms with E-state index in [0.29, 0.717) is 61.2 Å². The number of carbonyl (C=O) groups is 9. The largest absolute Gasteiger partial charge is 0.505 e. The number of hydrogen-bond acceptors (Lipinski definition) is 20. The summed E-state index contributed by atoms with van der Waals surface area (Å²) in [5, 5.41) is 46.2. The Hall–Kier alpha value is -9.57. The van der Waals surface area contributed by atoms with E-state index in [1.54, 1.807) is 77.1 Å². The summed E-state index contributed by atoms with van der Waals surface area (Å²) in [5.74, 6) is -10.3. The zero-order chi connectivity index (χ0) is 76.4. The number of esters is 1. The molecule has 9 N–H and O–H groups in total. The average Bonchev–Trinajstić information content (AvgIpc) is 1.30. The van der Waals surface area contributed by atoms with Gasteiger partial charge in [-0.2, -0.15) is 0 Å². The number of amides is 7. The summed E-state index contributed by atoms with van der Waals surface area (Å²) in [4.78, 5) is 140. The minimum atomic E-state index is -2.12. The maximum atomic E-state index is 15.0. The second kappa shape index (κ2) is 34.4. The standard InChI is InChI=1S/C77H100N8O19/c1-40(2)62(82-57(88)23-16-15-17-32-84-58(89)36-43(5)75(84)97)54(87)37-50(22-19-31-79-76(78)98)74(96)80-51-26-24-49(25-27-51)39-85(12,13)33-35-100-52-28-29-53-56(38-52)103-71-63(81-53)59-60-67(92)47(9)70-61(59)72(94)77(11,104-70)101-34-30-55(99-14)44(6)69(102-48(10)86)46(8)66(91)45(7)65(90)41(3)20-18-21-42(4)73(95)83-64(71)68(60)93/h18,20-21,24-30,34,38,40-41,43-46,50,55,62,65-66,69,90-91H,15-17,19,22-23,31-33,35-37,39H2,1-14H3,(H6-,78,79,80,81,82,83,88,92,93,94,95,96,98)/p+1/b20-18+,34-30+,42-21-/t41-,43?,44+,45+,46+,50+,55-,62-,65-,66+,69+,77-/m0/s1. The number of rotatable bonds is 25. The molecule has 0 spiro atoms. The van der Waals surface area contributed by atoms with Gasteiger partial charge in [-0.1, -0.05) is 85.2 Å². The predicted molar refractivity (Wildman–Crippen MR) is 389 cm³/mol. The van der Waals surface area contributed by atoms with Crippen LogP contribution in [0.3, 0.4) is 0 Å². The Morgan fingerprint density at radius 3 is 2.27 bits per heavy atom. The van der Waals surface area contributed by atoms with E-state index in [1.165, 1.54) is 58.1 Å². The van der Waals surface area contributed by atoms with E-state index in [1.807, 2.05) is 40.1 Å². The lowest BCUT2D eigenvalue weighted by molar-refractivity contribution is -0.903. The number of urea groups is 1. The number of ketones is 2. The number of aromatic nitrogens is 1. The molecule has 4 bridgehead atoms. The van der Waals surface area contributed by atoms with E-state index in [-0.39, 0.29) is 135 Å². The molecule has 1 saturated heterocycles. The number of likely N-dealkylation sites (tertiary alicyclic amines) is 1. The summed E-state index contributed by atoms with van der Waals surface area (Å²) >= 11 is 0. The highest BCUT2D eigenvalue weighted by Crippen LogP contribution is 2.49. The summed E-state index contributed by atoms with van der Waals surface area (Å²) < 4.78 is 37.5. The molecule has 1 aromatic heterocycles. The first-order valence-corrected chi connectivity index (χ1v) is 35.5. The fourth-order valence-corrected chi connectivity index (χ4v) is 13.7. The number of aromatic hydroxyl groups is 1. The number of methoxy groups -OCH3 is 1. The fraction of sp³-hybridized carbons (Fsp3) is 0.519. The van der Waals surface area contributed by atoms with Gasteiger partial charge in [-0.15, -0.1) is 0 Å². The van der Waals surface area contributed by atoms with Crippen LogP contribution in [0, 0.1) is 48.3 Å². The number of phenols is 1. The number of phenolic OH excluding ortho intramolecular Hbond substituents is 1. The van der Waals surface area contributed by atoms with Crippen molar-refractivity contribution in [1.82, 2.24) is 20.5 Å². The van der Waals surface area contributed by atoms with Gasteiger partial charge in [0.25, 0.3) is 11.7 Å². The number of quaternary nitrogens is 1. The number of carbonyl (C=O) groups excluding carboxylic acids is 9. The molecular formula is C77H101N8O19+. The summed E-state index contributed by atoms with van der Waals surface area (Å²) in [6, 6.07) is 10.6. The molecule has 7 amide bonds. The molecule has 0 radical (unpaired) electrons. The van der Waals surface area contributed by atoms with Crippen molar-refractivity contribution in [1.29, 1.82) is 0 Å². The van der Waals surface area contributed by atoms with E-state index in [2.05, 4.69) is 21.3 Å². The van der Waals surface area contributed by atoms with Gasteiger partial charge in [0.15, 0.2) is 28.1 Å². The molecule has 562 valence electrons. The Bertz CT molecular complexity index is 4240. The number of anilines is 2. The number of benzene rings is 4. The molecule has 12 atom stereocenters. The summed E-state index contributed by atoms with van der Waals surface area (Å²) in [5.41, 5.74) is 5.60. The first kappa shape index (κ1) is 80.1. The van der Waals surface area contributed by atoms with Crippen molar-refractivity contribution in [3.05, 3.63) is 106 Å². The van der Waals surface area contributed by atoms with E-state index < -0.39 is 107 Å². The second-order valence-electron chi connectivity index (χ2n) is 29.1. The van der Waals surface area contributed by atoms with Crippen molar-refractivity contribution in [3.8, 4) is 17.2 Å². The molecule has 8 rings (SSSR count). The van der Waals surface area contributed by atoms with Crippen LogP contribution in [0.5, 0.6) is 17.2 Å². The van der Waals surface area contributed by atoms with Crippen molar-refractivity contribution in [3.63, 3.8) is 0 Å². The fourth-order valence-electron chi connectivity index (χ4n) is 13.7. The van der Waals surface area contributed by atoms with Crippen molar-refractivity contribution in [2.45, 2.75) is 170 Å². The van der Waals surface area contributed by atoms with Crippen LogP contribution < -0.4 is 41.9 Å². The van der Waals surface area contributed by atoms with Gasteiger partial charge in [0, 0.05) is 123 Å². The molecule has 0 saturated carbocycles. The van der Waals surface area contributed by atoms with Crippen molar-refractivity contribution < 1.29 is 91.1 Å². The van der Waals surface area contributed by atoms with Crippen LogP contribution in [0.25, 0.3) is 33.0 Å². The zero-order valence-electron chi connectivity index (χ0n) is 61.8. The minimum absolute atomic E-state index is 0.0581. The Balaban J connectivity index is 0.994. The lowest BCUT2D eigenvalue weighted by Crippen LogP contribution is -2.46. The number of aliphatic hydroxyl groups excluding tert-OH is 2. The van der Waals surface area contributed by atoms with Crippen LogP contribution in [0.15, 0.2) is 87.8 Å². The van der Waals surface area contributed by atoms with E-state index >= 15 is 4.79 Å². The summed E-state index contributed by atoms with van der Waals surface area (Å²) in [7, 11) is 5.46. The van der Waals surface area contributed by atoms with Crippen molar-refractivity contribution in [2.75, 3.05) is 58.1 Å². The highest BCUT2D eigenvalue weighted by molar-refractivity contribution is 6.26. The number of unbranched alkanes of at least 4 members (excludes halogenated alkanes) is 2. The molecule has 1 unspecified atom stereocenters. The molecule has 3 aliphatic heterocycles. The smallest absolute Gasteiger partial charge is 0.312 e. The Kier molecular flexibility index (Phi) is 26.5. The summed E-state index contributed by atoms with van der Waals surface area (Å²) in [6.07, 6.45) is 5.66. The van der Waals surface area contributed by atoms with Crippen LogP contribution in [-0.2, 0) is 54.3 Å². The number of ether oxygens (including phenoxy) is 5. The molecule has 104 heavy (non-hydrogen) atoms. The van der Waals surface area contributed by atoms with Gasteiger partial charge in [0.1, 0.15) is 54.0 Å². The van der Waals surface area contributed by atoms with Gasteiger partial charge in [-0.05, 0) is 75.8 Å². The number of Topliss-reactive ketones (excluding diaryl/α,β-unsaturated/α-hetero) is 2. The van der Waals surface area contributed by atoms with Crippen LogP contribution in [0.1, 0.15) is 142 Å². The predicted octanol–water partition coefficient (Wildman–Crippen LogP) is 8.71. The highest BCUT2D eigenvalue weighted by Gasteiger charge is 2.50. The quantitative estimate of drug-likeness (QED) is 0.00515. The number of primary amides is 1. The van der Waals surface area contributed by atoms with Gasteiger partial charge in [0.2, 0.25) is 23.6 Å². The van der Waals surface area contributed by atoms with Gasteiger partial charge in [0.05, 0.1) is 55.7 Å². The van der Waals surface area contributed by atoms with Gasteiger partial charge < -0.3 is 74.9 Å². The van der Waals surface area contributed by atoms with Gasteiger partial charge >= 0.3 is 17.8 Å². The molecule has 5 aromatic rings. The van der Waals surface area contributed by atoms with Crippen molar-refractivity contribution >= 4 is 97.4 Å². The molecule has 4 heterocycles. The number of fused-ring (bicyclic) bond motifs is 2. The molecule has 27 heteroatoms. The molecule has 27 nitrogen and oxygen atoms in total. The molecule has 4 aromatic carbocycles.